The van der Waals surface area contributed by atoms with E-state index in [0.717, 1.165) is 6.07 Å². The Bertz CT molecular complexity index is 1280. The fraction of sp³-hybridized carbons (Fsp3) is 0.0500. The van der Waals surface area contributed by atoms with Gasteiger partial charge in [-0.25, -0.2) is 13.0 Å². The van der Waals surface area contributed by atoms with Gasteiger partial charge in [0, 0.05) is 10.9 Å². The Morgan fingerprint density at radius 2 is 2.00 bits per heavy atom. The number of rotatable bonds is 5. The molecule has 0 aliphatic rings. The number of halogens is 2. The van der Waals surface area contributed by atoms with Gasteiger partial charge < -0.3 is 9.87 Å². The van der Waals surface area contributed by atoms with Crippen molar-refractivity contribution >= 4 is 33.6 Å². The Hall–Kier alpha value is -3.50. The summed E-state index contributed by atoms with van der Waals surface area (Å²) in [5, 5.41) is 9.84. The van der Waals surface area contributed by atoms with E-state index in [1.165, 1.54) is 24.4 Å². The molecule has 0 fully saturated rings. The van der Waals surface area contributed by atoms with Gasteiger partial charge in [-0.1, -0.05) is 18.2 Å². The molecule has 0 saturated carbocycles. The monoisotopic (exact) mass is 428 g/mol. The lowest BCUT2D eigenvalue weighted by atomic mass is 10.0. The summed E-state index contributed by atoms with van der Waals surface area (Å²) in [5.74, 6) is -2.57. The van der Waals surface area contributed by atoms with Crippen LogP contribution in [0.4, 0.5) is 14.5 Å². The third kappa shape index (κ3) is 3.95. The summed E-state index contributed by atoms with van der Waals surface area (Å²) in [6.45, 7) is 0. The van der Waals surface area contributed by atoms with Gasteiger partial charge in [0.25, 0.3) is 5.91 Å². The standard InChI is InChI=1S/C20H14F2N4O3S/c21-16-3-1-2-14(18(16)22)11-4-7-17-15(8-11)19(26-25-17)20(27)24-12-5-6-13(23-9-12)10-30(28)29/h1-9H,10H2,(H,24,27)(H,25,26)(H,28,29). The Labute approximate surface area is 171 Å². The number of aromatic nitrogens is 3. The van der Waals surface area contributed by atoms with Crippen molar-refractivity contribution in [3.63, 3.8) is 0 Å². The average Bonchev–Trinajstić information content (AvgIpc) is 3.14. The number of hydrogen-bond donors (Lipinski definition) is 3. The van der Waals surface area contributed by atoms with Gasteiger partial charge in [-0.3, -0.25) is 14.9 Å². The van der Waals surface area contributed by atoms with E-state index in [0.29, 0.717) is 27.8 Å². The van der Waals surface area contributed by atoms with Crippen LogP contribution < -0.4 is 5.32 Å². The predicted octanol–water partition coefficient (Wildman–Crippen LogP) is 3.88. The topological polar surface area (TPSA) is 108 Å². The summed E-state index contributed by atoms with van der Waals surface area (Å²) in [4.78, 5) is 16.7. The first-order chi connectivity index (χ1) is 14.4. The molecule has 30 heavy (non-hydrogen) atoms. The van der Waals surface area contributed by atoms with Gasteiger partial charge in [-0.15, -0.1) is 0 Å². The average molecular weight is 428 g/mol. The number of nitrogens with one attached hydrogen (secondary N) is 2. The number of aromatic amines is 1. The molecule has 1 amide bonds. The van der Waals surface area contributed by atoms with Crippen molar-refractivity contribution in [1.82, 2.24) is 15.2 Å². The van der Waals surface area contributed by atoms with E-state index in [4.69, 9.17) is 4.55 Å². The minimum atomic E-state index is -2.01. The number of H-pyrrole nitrogens is 1. The molecule has 10 heteroatoms. The molecule has 4 aromatic rings. The van der Waals surface area contributed by atoms with Crippen LogP contribution in [0.15, 0.2) is 54.7 Å². The number of fused-ring (bicyclic) bond motifs is 1. The normalized spacial score (nSPS) is 12.1. The summed E-state index contributed by atoms with van der Waals surface area (Å²) >= 11 is -2.01. The quantitative estimate of drug-likeness (QED) is 0.418. The van der Waals surface area contributed by atoms with Crippen LogP contribution in [-0.2, 0) is 16.8 Å². The van der Waals surface area contributed by atoms with Crippen LogP contribution in [0.3, 0.4) is 0 Å². The Morgan fingerprint density at radius 3 is 2.73 bits per heavy atom. The molecule has 3 N–H and O–H groups in total. The second-order valence-corrected chi connectivity index (χ2v) is 7.32. The number of hydrogen-bond acceptors (Lipinski definition) is 4. The molecule has 0 saturated heterocycles. The predicted molar refractivity (Wildman–Crippen MR) is 108 cm³/mol. The molecule has 152 valence electrons. The Morgan fingerprint density at radius 1 is 1.17 bits per heavy atom. The molecule has 1 atom stereocenters. The highest BCUT2D eigenvalue weighted by Crippen LogP contribution is 2.28. The summed E-state index contributed by atoms with van der Waals surface area (Å²) in [6, 6.07) is 11.8. The van der Waals surface area contributed by atoms with E-state index in [1.807, 2.05) is 0 Å². The van der Waals surface area contributed by atoms with Crippen molar-refractivity contribution in [3.8, 4) is 11.1 Å². The fourth-order valence-electron chi connectivity index (χ4n) is 2.98. The zero-order valence-electron chi connectivity index (χ0n) is 15.2. The van der Waals surface area contributed by atoms with E-state index >= 15 is 0 Å². The van der Waals surface area contributed by atoms with Gasteiger partial charge in [0.2, 0.25) is 0 Å². The highest BCUT2D eigenvalue weighted by Gasteiger charge is 2.17. The number of pyridine rings is 1. The zero-order valence-corrected chi connectivity index (χ0v) is 16.0. The maximum Gasteiger partial charge on any atom is 0.276 e. The molecule has 1 unspecified atom stereocenters. The van der Waals surface area contributed by atoms with Gasteiger partial charge in [-0.05, 0) is 35.9 Å². The lowest BCUT2D eigenvalue weighted by molar-refractivity contribution is 0.102. The smallest absolute Gasteiger partial charge is 0.276 e. The van der Waals surface area contributed by atoms with Gasteiger partial charge >= 0.3 is 0 Å². The second-order valence-electron chi connectivity index (χ2n) is 6.39. The van der Waals surface area contributed by atoms with Gasteiger partial charge in [0.15, 0.2) is 28.4 Å². The first-order valence-electron chi connectivity index (χ1n) is 8.68. The van der Waals surface area contributed by atoms with Gasteiger partial charge in [0.05, 0.1) is 28.8 Å². The molecular weight excluding hydrogens is 414 g/mol. The summed E-state index contributed by atoms with van der Waals surface area (Å²) in [5.41, 5.74) is 1.88. The number of anilines is 1. The van der Waals surface area contributed by atoms with E-state index in [2.05, 4.69) is 20.5 Å². The van der Waals surface area contributed by atoms with Gasteiger partial charge in [0.1, 0.15) is 0 Å². The first-order valence-corrected chi connectivity index (χ1v) is 9.96. The number of benzene rings is 2. The number of carbonyl (C=O) groups is 1. The maximum absolute atomic E-state index is 14.2. The number of nitrogens with zero attached hydrogens (tertiary/aromatic N) is 2. The molecule has 0 bridgehead atoms. The van der Waals surface area contributed by atoms with Crippen LogP contribution >= 0.6 is 0 Å². The third-order valence-corrected chi connectivity index (χ3v) is 4.94. The van der Waals surface area contributed by atoms with E-state index in [1.54, 1.807) is 24.3 Å². The highest BCUT2D eigenvalue weighted by molar-refractivity contribution is 7.78. The molecule has 2 aromatic carbocycles. The van der Waals surface area contributed by atoms with Crippen LogP contribution in [0.5, 0.6) is 0 Å². The lowest BCUT2D eigenvalue weighted by Gasteiger charge is -2.06. The van der Waals surface area contributed by atoms with E-state index in [-0.39, 0.29) is 17.0 Å². The van der Waals surface area contributed by atoms with Crippen LogP contribution in [0, 0.1) is 11.6 Å². The van der Waals surface area contributed by atoms with E-state index < -0.39 is 28.6 Å². The second kappa shape index (κ2) is 8.09. The van der Waals surface area contributed by atoms with Crippen molar-refractivity contribution in [2.45, 2.75) is 5.75 Å². The van der Waals surface area contributed by atoms with Gasteiger partial charge in [-0.2, -0.15) is 5.10 Å². The van der Waals surface area contributed by atoms with Crippen molar-refractivity contribution in [2.24, 2.45) is 0 Å². The molecule has 0 radical (unpaired) electrons. The zero-order chi connectivity index (χ0) is 21.3. The minimum Gasteiger partial charge on any atom is -0.319 e. The van der Waals surface area contributed by atoms with Crippen LogP contribution in [0.25, 0.3) is 22.0 Å². The summed E-state index contributed by atoms with van der Waals surface area (Å²) in [6.07, 6.45) is 1.36. The fourth-order valence-corrected chi connectivity index (χ4v) is 3.41. The number of carbonyl (C=O) groups excluding carboxylic acids is 1. The first kappa shape index (κ1) is 19.8. The number of amides is 1. The highest BCUT2D eigenvalue weighted by atomic mass is 32.2. The summed E-state index contributed by atoms with van der Waals surface area (Å²) < 4.78 is 47.4. The minimum absolute atomic E-state index is 0.0733. The van der Waals surface area contributed by atoms with Crippen molar-refractivity contribution in [2.75, 3.05) is 5.32 Å². The molecule has 0 aliphatic carbocycles. The van der Waals surface area contributed by atoms with Crippen molar-refractivity contribution in [1.29, 1.82) is 0 Å². The molecular formula is C20H14F2N4O3S. The largest absolute Gasteiger partial charge is 0.319 e. The lowest BCUT2D eigenvalue weighted by Crippen LogP contribution is -2.13. The molecule has 7 nitrogen and oxygen atoms in total. The van der Waals surface area contributed by atoms with Crippen LogP contribution in [-0.4, -0.2) is 29.9 Å². The summed E-state index contributed by atoms with van der Waals surface area (Å²) in [7, 11) is 0. The van der Waals surface area contributed by atoms with Crippen LogP contribution in [0.1, 0.15) is 16.2 Å². The van der Waals surface area contributed by atoms with Crippen molar-refractivity contribution in [3.05, 3.63) is 77.8 Å². The molecule has 0 aliphatic heterocycles. The van der Waals surface area contributed by atoms with Crippen LogP contribution in [0.2, 0.25) is 0 Å². The maximum atomic E-state index is 14.2. The molecule has 0 spiro atoms. The molecule has 4 rings (SSSR count). The SMILES string of the molecule is O=C(Nc1ccc(CS(=O)O)nc1)c1n[nH]c2ccc(-c3cccc(F)c3F)cc12. The molecule has 2 heterocycles. The third-order valence-electron chi connectivity index (χ3n) is 4.39. The van der Waals surface area contributed by atoms with E-state index in [9.17, 15) is 17.8 Å². The Balaban J connectivity index is 1.63. The Kier molecular flexibility index (Phi) is 5.34. The van der Waals surface area contributed by atoms with Crippen molar-refractivity contribution < 1.29 is 22.3 Å². The molecule has 2 aromatic heterocycles.